The van der Waals surface area contributed by atoms with Crippen LogP contribution in [-0.4, -0.2) is 26.3 Å². The molecule has 0 saturated carbocycles. The van der Waals surface area contributed by atoms with Crippen LogP contribution in [0, 0.1) is 0 Å². The second-order valence-electron chi connectivity index (χ2n) is 1.51. The average Bonchev–Trinajstić information content (AvgIpc) is 1.64. The van der Waals surface area contributed by atoms with Crippen molar-refractivity contribution < 1.29 is 8.42 Å². The first-order chi connectivity index (χ1) is 3.98. The van der Waals surface area contributed by atoms with E-state index in [1.807, 2.05) is 0 Å². The van der Waals surface area contributed by atoms with E-state index >= 15 is 0 Å². The maximum Gasteiger partial charge on any atom is 0.299 e. The van der Waals surface area contributed by atoms with Crippen LogP contribution in [0.5, 0.6) is 0 Å². The number of halogens is 1. The largest absolute Gasteiger partial charge is 0.299 e. The third-order valence-electron chi connectivity index (χ3n) is 0.758. The normalized spacial score (nSPS) is 11.9. The molecule has 5 heteroatoms. The highest BCUT2D eigenvalue weighted by molar-refractivity contribution is 8.11. The van der Waals surface area contributed by atoms with E-state index in [0.717, 1.165) is 4.31 Å². The Hall–Kier alpha value is -0.0600. The van der Waals surface area contributed by atoms with Crippen LogP contribution >= 0.6 is 10.7 Å². The topological polar surface area (TPSA) is 37.4 Å². The average molecular weight is 170 g/mol. The summed E-state index contributed by atoms with van der Waals surface area (Å²) in [6.45, 7) is 3.59. The van der Waals surface area contributed by atoms with Crippen LogP contribution in [0.25, 0.3) is 0 Å². The lowest BCUT2D eigenvalue weighted by Crippen LogP contribution is -2.21. The molecule has 3 nitrogen and oxygen atoms in total. The molecule has 0 heterocycles. The predicted octanol–water partition coefficient (Wildman–Crippen LogP) is 0.588. The summed E-state index contributed by atoms with van der Waals surface area (Å²) in [6, 6.07) is 0. The number of likely N-dealkylation sites (N-methyl/N-ethyl adjacent to an activating group) is 1. The first kappa shape index (κ1) is 8.94. The number of hydrogen-bond acceptors (Lipinski definition) is 2. The molecule has 0 amide bonds. The standard InChI is InChI=1S/C4H8ClNO2S/c1-3-4-6(2)9(5,7)8/h3H,1,4H2,2H3. The molecule has 0 aromatic carbocycles. The van der Waals surface area contributed by atoms with E-state index in [2.05, 4.69) is 6.58 Å². The highest BCUT2D eigenvalue weighted by Gasteiger charge is 2.09. The van der Waals surface area contributed by atoms with E-state index in [1.165, 1.54) is 13.1 Å². The van der Waals surface area contributed by atoms with E-state index in [-0.39, 0.29) is 6.54 Å². The maximum atomic E-state index is 10.4. The molecule has 0 aliphatic rings. The smallest absolute Gasteiger partial charge is 0.195 e. The molecule has 0 saturated heterocycles. The highest BCUT2D eigenvalue weighted by atomic mass is 35.7. The van der Waals surface area contributed by atoms with Crippen molar-refractivity contribution in [1.29, 1.82) is 0 Å². The number of hydrogen-bond donors (Lipinski definition) is 0. The van der Waals surface area contributed by atoms with Gasteiger partial charge in [0.05, 0.1) is 0 Å². The summed E-state index contributed by atoms with van der Waals surface area (Å²) in [7, 11) is 2.76. The van der Waals surface area contributed by atoms with Gasteiger partial charge in [0.25, 0.3) is 9.24 Å². The van der Waals surface area contributed by atoms with Gasteiger partial charge in [0.2, 0.25) is 0 Å². The van der Waals surface area contributed by atoms with Crippen LogP contribution in [0.4, 0.5) is 0 Å². The van der Waals surface area contributed by atoms with Gasteiger partial charge in [-0.1, -0.05) is 6.08 Å². The molecule has 9 heavy (non-hydrogen) atoms. The molecule has 0 unspecified atom stereocenters. The van der Waals surface area contributed by atoms with Gasteiger partial charge < -0.3 is 0 Å². The molecule has 0 bridgehead atoms. The quantitative estimate of drug-likeness (QED) is 0.458. The lowest BCUT2D eigenvalue weighted by atomic mass is 10.6. The number of rotatable bonds is 3. The summed E-state index contributed by atoms with van der Waals surface area (Å²) in [5.74, 6) is 0. The summed E-state index contributed by atoms with van der Waals surface area (Å²) in [5, 5.41) is 0. The minimum absolute atomic E-state index is 0.242. The third kappa shape index (κ3) is 3.51. The molecular formula is C4H8ClNO2S. The van der Waals surface area contributed by atoms with Gasteiger partial charge in [-0.3, -0.25) is 0 Å². The van der Waals surface area contributed by atoms with E-state index in [0.29, 0.717) is 0 Å². The van der Waals surface area contributed by atoms with Gasteiger partial charge in [0, 0.05) is 24.3 Å². The van der Waals surface area contributed by atoms with E-state index in [9.17, 15) is 8.42 Å². The van der Waals surface area contributed by atoms with Crippen molar-refractivity contribution in [2.75, 3.05) is 13.6 Å². The molecule has 0 N–H and O–H groups in total. The monoisotopic (exact) mass is 169 g/mol. The number of nitrogens with zero attached hydrogens (tertiary/aromatic N) is 1. The zero-order valence-electron chi connectivity index (χ0n) is 5.04. The molecule has 0 aliphatic carbocycles. The molecule has 0 radical (unpaired) electrons. The predicted molar refractivity (Wildman–Crippen MR) is 37.6 cm³/mol. The Labute approximate surface area is 59.5 Å². The van der Waals surface area contributed by atoms with E-state index in [1.54, 1.807) is 0 Å². The SMILES string of the molecule is C=CCN(C)S(=O)(=O)Cl. The summed E-state index contributed by atoms with van der Waals surface area (Å²) < 4.78 is 21.7. The van der Waals surface area contributed by atoms with E-state index < -0.39 is 9.24 Å². The minimum Gasteiger partial charge on any atom is -0.195 e. The fraction of sp³-hybridized carbons (Fsp3) is 0.500. The zero-order chi connectivity index (χ0) is 7.49. The second-order valence-corrected chi connectivity index (χ2v) is 4.13. The lowest BCUT2D eigenvalue weighted by molar-refractivity contribution is 0.515. The Bertz CT molecular complexity index is 187. The Kier molecular flexibility index (Phi) is 3.17. The Morgan fingerprint density at radius 3 is 2.33 bits per heavy atom. The van der Waals surface area contributed by atoms with Crippen LogP contribution in [-0.2, 0) is 9.24 Å². The lowest BCUT2D eigenvalue weighted by Gasteiger charge is -2.06. The molecular weight excluding hydrogens is 162 g/mol. The fourth-order valence-electron chi connectivity index (χ4n) is 0.271. The summed E-state index contributed by atoms with van der Waals surface area (Å²) in [6.07, 6.45) is 1.46. The molecule has 0 atom stereocenters. The van der Waals surface area contributed by atoms with Crippen LogP contribution in [0.15, 0.2) is 12.7 Å². The Morgan fingerprint density at radius 1 is 1.78 bits per heavy atom. The van der Waals surface area contributed by atoms with Gasteiger partial charge in [-0.05, 0) is 0 Å². The molecule has 0 aromatic rings. The first-order valence-corrected chi connectivity index (χ1v) is 4.52. The van der Waals surface area contributed by atoms with Crippen molar-refractivity contribution in [1.82, 2.24) is 4.31 Å². The maximum absolute atomic E-state index is 10.4. The molecule has 0 spiro atoms. The van der Waals surface area contributed by atoms with Crippen molar-refractivity contribution in [3.05, 3.63) is 12.7 Å². The fourth-order valence-corrected chi connectivity index (χ4v) is 0.723. The van der Waals surface area contributed by atoms with Gasteiger partial charge in [-0.25, -0.2) is 0 Å². The Balaban J connectivity index is 4.05. The Morgan fingerprint density at radius 2 is 2.22 bits per heavy atom. The van der Waals surface area contributed by atoms with Gasteiger partial charge in [0.15, 0.2) is 0 Å². The second kappa shape index (κ2) is 3.20. The van der Waals surface area contributed by atoms with Crippen molar-refractivity contribution in [3.8, 4) is 0 Å². The van der Waals surface area contributed by atoms with Crippen LogP contribution < -0.4 is 0 Å². The van der Waals surface area contributed by atoms with Crippen LogP contribution in [0.1, 0.15) is 0 Å². The van der Waals surface area contributed by atoms with Crippen molar-refractivity contribution in [2.45, 2.75) is 0 Å². The van der Waals surface area contributed by atoms with Crippen LogP contribution in [0.2, 0.25) is 0 Å². The minimum atomic E-state index is -3.53. The van der Waals surface area contributed by atoms with Crippen molar-refractivity contribution in [3.63, 3.8) is 0 Å². The van der Waals surface area contributed by atoms with E-state index in [4.69, 9.17) is 10.7 Å². The third-order valence-corrected chi connectivity index (χ3v) is 2.36. The van der Waals surface area contributed by atoms with Gasteiger partial charge >= 0.3 is 0 Å². The van der Waals surface area contributed by atoms with Crippen LogP contribution in [0.3, 0.4) is 0 Å². The van der Waals surface area contributed by atoms with Crippen molar-refractivity contribution in [2.24, 2.45) is 0 Å². The molecule has 0 fully saturated rings. The summed E-state index contributed by atoms with van der Waals surface area (Å²) in [5.41, 5.74) is 0. The van der Waals surface area contributed by atoms with Gasteiger partial charge in [-0.15, -0.1) is 6.58 Å². The highest BCUT2D eigenvalue weighted by Crippen LogP contribution is 2.01. The zero-order valence-corrected chi connectivity index (χ0v) is 6.61. The summed E-state index contributed by atoms with van der Waals surface area (Å²) >= 11 is 0. The molecule has 54 valence electrons. The van der Waals surface area contributed by atoms with Gasteiger partial charge in [0.1, 0.15) is 0 Å². The molecule has 0 rings (SSSR count). The first-order valence-electron chi connectivity index (χ1n) is 2.25. The summed E-state index contributed by atoms with van der Waals surface area (Å²) in [4.78, 5) is 0. The van der Waals surface area contributed by atoms with Gasteiger partial charge in [-0.2, -0.15) is 12.7 Å². The molecule has 0 aliphatic heterocycles. The van der Waals surface area contributed by atoms with Crippen molar-refractivity contribution >= 4 is 19.9 Å². The molecule has 0 aromatic heterocycles.